The Morgan fingerprint density at radius 1 is 0.640 bits per heavy atom. The van der Waals surface area contributed by atoms with E-state index >= 15 is 0 Å². The predicted molar refractivity (Wildman–Crippen MR) is 206 cm³/mol. The Labute approximate surface area is 304 Å². The lowest BCUT2D eigenvalue weighted by molar-refractivity contribution is -0.887. The molecule has 0 spiro atoms. The van der Waals surface area contributed by atoms with E-state index in [2.05, 4.69) is 68.5 Å². The second kappa shape index (κ2) is 32.9. The molecule has 0 saturated carbocycles. The summed E-state index contributed by atoms with van der Waals surface area (Å²) in [7, 11) is 5.46. The minimum Gasteiger partial charge on any atom is -0.477 e. The number of carboxylic acid groups (broad SMARTS) is 1. The van der Waals surface area contributed by atoms with E-state index in [1.54, 1.807) is 6.08 Å². The van der Waals surface area contributed by atoms with Crippen LogP contribution in [0.2, 0.25) is 0 Å². The van der Waals surface area contributed by atoms with Crippen molar-refractivity contribution in [2.24, 2.45) is 0 Å². The van der Waals surface area contributed by atoms with Crippen molar-refractivity contribution >= 4 is 17.9 Å². The van der Waals surface area contributed by atoms with Crippen LogP contribution < -0.4 is 0 Å². The number of carboxylic acids is 1. The van der Waals surface area contributed by atoms with Gasteiger partial charge in [0.05, 0.1) is 40.8 Å². The maximum absolute atomic E-state index is 12.5. The molecule has 8 nitrogen and oxygen atoms in total. The van der Waals surface area contributed by atoms with E-state index in [-0.39, 0.29) is 43.1 Å². The molecule has 0 radical (unpaired) electrons. The van der Waals surface area contributed by atoms with Crippen molar-refractivity contribution in [3.05, 3.63) is 72.9 Å². The standard InChI is InChI=1S/C42H69NO7/c1-6-8-10-12-14-16-17-18-19-20-21-22-23-25-26-28-30-32-40(44)49-37-38(36-48-35-34-39(42(46)47)43(3,4)5)50-41(45)33-31-29-27-24-15-13-11-9-7-2/h9,11,15,18-19,21-22,24-26,29,31,38-39H,6-8,10,12-14,16-17,20,23,27-28,30,32-37H2,1-5H3/p+1/b11-9+,19-18+,22-21+,24-15+,26-25+,31-29+. The molecule has 0 aromatic rings. The predicted octanol–water partition coefficient (Wildman–Crippen LogP) is 9.63. The molecule has 0 rings (SSSR count). The van der Waals surface area contributed by atoms with Gasteiger partial charge in [0.25, 0.3) is 0 Å². The summed E-state index contributed by atoms with van der Waals surface area (Å²) in [5.41, 5.74) is 0. The molecule has 0 fully saturated rings. The highest BCUT2D eigenvalue weighted by Crippen LogP contribution is 2.10. The topological polar surface area (TPSA) is 99.1 Å². The van der Waals surface area contributed by atoms with Crippen LogP contribution in [-0.4, -0.2) is 80.6 Å². The zero-order chi connectivity index (χ0) is 37.1. The molecule has 2 unspecified atom stereocenters. The highest BCUT2D eigenvalue weighted by molar-refractivity contribution is 5.72. The molecule has 0 saturated heterocycles. The minimum absolute atomic E-state index is 0.00536. The average Bonchev–Trinajstić information content (AvgIpc) is 3.06. The van der Waals surface area contributed by atoms with E-state index in [1.165, 1.54) is 44.9 Å². The number of hydrogen-bond acceptors (Lipinski definition) is 6. The van der Waals surface area contributed by atoms with Crippen LogP contribution in [0.25, 0.3) is 0 Å². The van der Waals surface area contributed by atoms with Gasteiger partial charge >= 0.3 is 17.9 Å². The van der Waals surface area contributed by atoms with Crippen LogP contribution in [0.4, 0.5) is 0 Å². The van der Waals surface area contributed by atoms with Crippen LogP contribution in [0.3, 0.4) is 0 Å². The Morgan fingerprint density at radius 3 is 1.76 bits per heavy atom. The fraction of sp³-hybridized carbons (Fsp3) is 0.643. The molecule has 0 amide bonds. The molecule has 284 valence electrons. The van der Waals surface area contributed by atoms with Crippen LogP contribution >= 0.6 is 0 Å². The number of quaternary nitrogens is 1. The number of likely N-dealkylation sites (N-methyl/N-ethyl adjacent to an activating group) is 1. The molecule has 0 aliphatic heterocycles. The van der Waals surface area contributed by atoms with Gasteiger partial charge in [0.1, 0.15) is 6.61 Å². The summed E-state index contributed by atoms with van der Waals surface area (Å²) in [5.74, 6) is -1.70. The van der Waals surface area contributed by atoms with Gasteiger partial charge in [-0.25, -0.2) is 4.79 Å². The molecule has 0 aromatic carbocycles. The van der Waals surface area contributed by atoms with Crippen molar-refractivity contribution in [2.75, 3.05) is 41.0 Å². The van der Waals surface area contributed by atoms with Gasteiger partial charge in [-0.15, -0.1) is 0 Å². The van der Waals surface area contributed by atoms with E-state index in [9.17, 15) is 19.5 Å². The molecule has 2 atom stereocenters. The fourth-order valence-electron chi connectivity index (χ4n) is 4.93. The van der Waals surface area contributed by atoms with Crippen molar-refractivity contribution in [1.82, 2.24) is 0 Å². The molecule has 0 aliphatic carbocycles. The molecule has 1 N–H and O–H groups in total. The Morgan fingerprint density at radius 2 is 1.18 bits per heavy atom. The fourth-order valence-corrected chi connectivity index (χ4v) is 4.93. The van der Waals surface area contributed by atoms with Gasteiger partial charge in [0, 0.05) is 12.8 Å². The van der Waals surface area contributed by atoms with Gasteiger partial charge in [-0.3, -0.25) is 9.59 Å². The zero-order valence-corrected chi connectivity index (χ0v) is 32.1. The molecule has 50 heavy (non-hydrogen) atoms. The Hall–Kier alpha value is -3.23. The number of ether oxygens (including phenoxy) is 3. The van der Waals surface area contributed by atoms with Gasteiger partial charge in [-0.05, 0) is 57.8 Å². The largest absolute Gasteiger partial charge is 0.477 e. The number of hydrogen-bond donors (Lipinski definition) is 1. The number of carbonyl (C=O) groups excluding carboxylic acids is 2. The normalized spacial score (nSPS) is 13.9. The first-order valence-corrected chi connectivity index (χ1v) is 19.0. The summed E-state index contributed by atoms with van der Waals surface area (Å²) in [6.45, 7) is 4.41. The first kappa shape index (κ1) is 46.8. The third-order valence-electron chi connectivity index (χ3n) is 7.87. The first-order chi connectivity index (χ1) is 24.1. The quantitative estimate of drug-likeness (QED) is 0.0323. The molecular formula is C42H70NO7+. The van der Waals surface area contributed by atoms with Gasteiger partial charge in [0.2, 0.25) is 0 Å². The highest BCUT2D eigenvalue weighted by Gasteiger charge is 2.31. The summed E-state index contributed by atoms with van der Waals surface area (Å²) in [4.78, 5) is 36.6. The number of carbonyl (C=O) groups is 3. The Balaban J connectivity index is 4.55. The minimum atomic E-state index is -0.898. The summed E-state index contributed by atoms with van der Waals surface area (Å²) < 4.78 is 17.0. The second-order valence-electron chi connectivity index (χ2n) is 13.5. The van der Waals surface area contributed by atoms with Crippen molar-refractivity contribution in [3.8, 4) is 0 Å². The first-order valence-electron chi connectivity index (χ1n) is 19.0. The van der Waals surface area contributed by atoms with E-state index in [0.29, 0.717) is 12.8 Å². The third-order valence-corrected chi connectivity index (χ3v) is 7.87. The second-order valence-corrected chi connectivity index (χ2v) is 13.5. The van der Waals surface area contributed by atoms with Crippen molar-refractivity contribution in [1.29, 1.82) is 0 Å². The Kier molecular flexibility index (Phi) is 30.8. The Bertz CT molecular complexity index is 1050. The summed E-state index contributed by atoms with van der Waals surface area (Å²) >= 11 is 0. The van der Waals surface area contributed by atoms with E-state index in [0.717, 1.165) is 38.5 Å². The van der Waals surface area contributed by atoms with Crippen molar-refractivity contribution in [2.45, 2.75) is 135 Å². The number of allylic oxidation sites excluding steroid dienone is 11. The van der Waals surface area contributed by atoms with Gasteiger partial charge in [0.15, 0.2) is 12.1 Å². The summed E-state index contributed by atoms with van der Waals surface area (Å²) in [5, 5.41) is 9.56. The van der Waals surface area contributed by atoms with Crippen LogP contribution in [0.15, 0.2) is 72.9 Å². The highest BCUT2D eigenvalue weighted by atomic mass is 16.6. The number of esters is 2. The maximum Gasteiger partial charge on any atom is 0.362 e. The third kappa shape index (κ3) is 30.8. The van der Waals surface area contributed by atoms with Crippen molar-refractivity contribution < 1.29 is 38.2 Å². The number of unbranched alkanes of at least 4 members (excludes halogenated alkanes) is 7. The molecule has 0 aromatic heterocycles. The van der Waals surface area contributed by atoms with Crippen LogP contribution in [-0.2, 0) is 28.6 Å². The van der Waals surface area contributed by atoms with E-state index in [1.807, 2.05) is 33.3 Å². The SMILES string of the molecule is CC/C=C/C/C=C/C/C=C/CC(=O)OC(COCCC(C(=O)O)[N+](C)(C)C)COC(=O)CCC/C=C/C/C=C/C/C=C/CCCCCCCC. The molecular weight excluding hydrogens is 630 g/mol. The number of rotatable bonds is 32. The number of aliphatic carboxylic acids is 1. The zero-order valence-electron chi connectivity index (χ0n) is 32.1. The van der Waals surface area contributed by atoms with Crippen molar-refractivity contribution in [3.63, 3.8) is 0 Å². The smallest absolute Gasteiger partial charge is 0.362 e. The number of nitrogens with zero attached hydrogens (tertiary/aromatic N) is 1. The molecule has 0 aliphatic rings. The van der Waals surface area contributed by atoms with E-state index in [4.69, 9.17) is 14.2 Å². The summed E-state index contributed by atoms with van der Waals surface area (Å²) in [6, 6.07) is -0.637. The van der Waals surface area contributed by atoms with Crippen LogP contribution in [0.1, 0.15) is 123 Å². The average molecular weight is 701 g/mol. The van der Waals surface area contributed by atoms with Gasteiger partial charge in [-0.2, -0.15) is 0 Å². The molecule has 8 heteroatoms. The summed E-state index contributed by atoms with van der Waals surface area (Å²) in [6.07, 6.45) is 40.0. The monoisotopic (exact) mass is 701 g/mol. The van der Waals surface area contributed by atoms with Gasteiger partial charge < -0.3 is 23.8 Å². The van der Waals surface area contributed by atoms with Crippen LogP contribution in [0, 0.1) is 0 Å². The van der Waals surface area contributed by atoms with Gasteiger partial charge in [-0.1, -0.05) is 119 Å². The molecule has 0 heterocycles. The lowest BCUT2D eigenvalue weighted by Gasteiger charge is -2.31. The lowest BCUT2D eigenvalue weighted by atomic mass is 10.1. The molecule has 0 bridgehead atoms. The van der Waals surface area contributed by atoms with Crippen LogP contribution in [0.5, 0.6) is 0 Å². The van der Waals surface area contributed by atoms with E-state index < -0.39 is 24.1 Å². The lowest BCUT2D eigenvalue weighted by Crippen LogP contribution is -2.50. The maximum atomic E-state index is 12.5.